The smallest absolute Gasteiger partial charge is 0.335 e. The molecule has 0 saturated carbocycles. The molecule has 0 aliphatic heterocycles. The molecule has 0 bridgehead atoms. The summed E-state index contributed by atoms with van der Waals surface area (Å²) in [6.45, 7) is 0. The summed E-state index contributed by atoms with van der Waals surface area (Å²) in [5.74, 6) is -1.36. The van der Waals surface area contributed by atoms with Crippen molar-refractivity contribution in [3.63, 3.8) is 0 Å². The first-order chi connectivity index (χ1) is 9.97. The molecule has 2 rings (SSSR count). The number of carbonyl (C=O) groups excluding carboxylic acids is 1. The zero-order valence-electron chi connectivity index (χ0n) is 10.7. The number of aryl methyl sites for hydroxylation is 1. The first-order valence-electron chi connectivity index (χ1n) is 6.02. The van der Waals surface area contributed by atoms with Crippen LogP contribution in [0.1, 0.15) is 21.7 Å². The second kappa shape index (κ2) is 6.93. The molecule has 4 nitrogen and oxygen atoms in total. The summed E-state index contributed by atoms with van der Waals surface area (Å²) >= 11 is 13.5. The summed E-state index contributed by atoms with van der Waals surface area (Å²) < 4.78 is 0. The van der Waals surface area contributed by atoms with E-state index in [4.69, 9.17) is 28.3 Å². The topological polar surface area (TPSA) is 66.4 Å². The molecule has 0 spiro atoms. The van der Waals surface area contributed by atoms with Gasteiger partial charge in [0.1, 0.15) is 0 Å². The molecule has 0 radical (unpaired) electrons. The van der Waals surface area contributed by atoms with Gasteiger partial charge in [0.05, 0.1) is 21.3 Å². The van der Waals surface area contributed by atoms with Crippen LogP contribution in [0.3, 0.4) is 0 Å². The number of hydrogen-bond donors (Lipinski definition) is 2. The number of nitrogens with one attached hydrogen (secondary N) is 1. The summed E-state index contributed by atoms with van der Waals surface area (Å²) in [6.07, 6.45) is 0.930. The highest BCUT2D eigenvalue weighted by molar-refractivity contribution is 7.09. The van der Waals surface area contributed by atoms with Gasteiger partial charge >= 0.3 is 5.97 Å². The first kappa shape index (κ1) is 15.8. The molecule has 0 atom stereocenters. The van der Waals surface area contributed by atoms with Crippen molar-refractivity contribution < 1.29 is 14.7 Å². The van der Waals surface area contributed by atoms with Gasteiger partial charge in [0, 0.05) is 11.3 Å². The Bertz CT molecular complexity index is 648. The van der Waals surface area contributed by atoms with Crippen LogP contribution in [-0.2, 0) is 11.2 Å². The van der Waals surface area contributed by atoms with Gasteiger partial charge in [0.15, 0.2) is 0 Å². The number of hydrogen-bond acceptors (Lipinski definition) is 3. The quantitative estimate of drug-likeness (QED) is 0.849. The van der Waals surface area contributed by atoms with Gasteiger partial charge in [-0.25, -0.2) is 4.79 Å². The van der Waals surface area contributed by atoms with Crippen LogP contribution in [0.2, 0.25) is 10.0 Å². The third kappa shape index (κ3) is 4.20. The first-order valence-corrected chi connectivity index (χ1v) is 7.65. The predicted octanol–water partition coefficient (Wildman–Crippen LogP) is 4.32. The van der Waals surface area contributed by atoms with E-state index in [0.29, 0.717) is 12.8 Å². The number of rotatable bonds is 5. The number of thiophene rings is 1. The lowest BCUT2D eigenvalue weighted by molar-refractivity contribution is -0.116. The number of aromatic carboxylic acids is 1. The Kier molecular flexibility index (Phi) is 5.22. The van der Waals surface area contributed by atoms with E-state index in [-0.39, 0.29) is 27.2 Å². The summed E-state index contributed by atoms with van der Waals surface area (Å²) in [5.41, 5.74) is 0.209. The van der Waals surface area contributed by atoms with Crippen LogP contribution in [0.5, 0.6) is 0 Å². The Hall–Kier alpha value is -1.56. The minimum atomic E-state index is -1.13. The van der Waals surface area contributed by atoms with Crippen molar-refractivity contribution in [3.8, 4) is 0 Å². The van der Waals surface area contributed by atoms with Crippen molar-refractivity contribution in [2.45, 2.75) is 12.8 Å². The zero-order chi connectivity index (χ0) is 15.4. The van der Waals surface area contributed by atoms with Crippen LogP contribution in [0, 0.1) is 0 Å². The Morgan fingerprint density at radius 1 is 1.24 bits per heavy atom. The molecule has 2 N–H and O–H groups in total. The number of amides is 1. The third-order valence-corrected chi connectivity index (χ3v) is 4.26. The number of halogens is 2. The van der Waals surface area contributed by atoms with Gasteiger partial charge in [-0.3, -0.25) is 4.79 Å². The Balaban J connectivity index is 2.05. The fraction of sp³-hybridized carbons (Fsp3) is 0.143. The van der Waals surface area contributed by atoms with Crippen LogP contribution in [0.25, 0.3) is 0 Å². The average molecular weight is 344 g/mol. The molecule has 0 fully saturated rings. The van der Waals surface area contributed by atoms with Crippen molar-refractivity contribution in [1.29, 1.82) is 0 Å². The van der Waals surface area contributed by atoms with Crippen molar-refractivity contribution in [1.82, 2.24) is 0 Å². The molecule has 1 amide bonds. The highest BCUT2D eigenvalue weighted by Crippen LogP contribution is 2.32. The molecule has 110 valence electrons. The Labute approximate surface area is 135 Å². The Morgan fingerprint density at radius 3 is 2.43 bits per heavy atom. The van der Waals surface area contributed by atoms with Crippen molar-refractivity contribution in [3.05, 3.63) is 50.1 Å². The van der Waals surface area contributed by atoms with Gasteiger partial charge in [-0.15, -0.1) is 11.3 Å². The second-order valence-corrected chi connectivity index (χ2v) is 6.09. The molecule has 0 aliphatic carbocycles. The van der Waals surface area contributed by atoms with E-state index in [0.717, 1.165) is 4.88 Å². The summed E-state index contributed by atoms with van der Waals surface area (Å²) in [5, 5.41) is 13.7. The van der Waals surface area contributed by atoms with E-state index < -0.39 is 5.97 Å². The standard InChI is InChI=1S/C14H11Cl2NO3S/c15-10-6-8(14(19)20)7-11(16)13(10)17-12(18)4-3-9-2-1-5-21-9/h1-2,5-7H,3-4H2,(H,17,18)(H,19,20). The lowest BCUT2D eigenvalue weighted by atomic mass is 10.2. The van der Waals surface area contributed by atoms with Gasteiger partial charge < -0.3 is 10.4 Å². The molecule has 0 aliphatic rings. The van der Waals surface area contributed by atoms with E-state index in [1.165, 1.54) is 12.1 Å². The fourth-order valence-electron chi connectivity index (χ4n) is 1.71. The lowest BCUT2D eigenvalue weighted by Crippen LogP contribution is -2.13. The molecular formula is C14H11Cl2NO3S. The number of benzene rings is 1. The summed E-state index contributed by atoms with van der Waals surface area (Å²) in [6, 6.07) is 6.39. The highest BCUT2D eigenvalue weighted by Gasteiger charge is 2.14. The number of carboxylic acids is 1. The van der Waals surface area contributed by atoms with Crippen LogP contribution >= 0.6 is 34.5 Å². The number of anilines is 1. The minimum absolute atomic E-state index is 0.0263. The van der Waals surface area contributed by atoms with Crippen molar-refractivity contribution in [2.24, 2.45) is 0 Å². The van der Waals surface area contributed by atoms with E-state index in [9.17, 15) is 9.59 Å². The zero-order valence-corrected chi connectivity index (χ0v) is 13.1. The predicted molar refractivity (Wildman–Crippen MR) is 84.7 cm³/mol. The Morgan fingerprint density at radius 2 is 1.90 bits per heavy atom. The van der Waals surface area contributed by atoms with Gasteiger partial charge in [0.25, 0.3) is 0 Å². The SMILES string of the molecule is O=C(CCc1cccs1)Nc1c(Cl)cc(C(=O)O)cc1Cl. The highest BCUT2D eigenvalue weighted by atomic mass is 35.5. The average Bonchev–Trinajstić information content (AvgIpc) is 2.93. The molecule has 0 unspecified atom stereocenters. The largest absolute Gasteiger partial charge is 0.478 e. The fourth-order valence-corrected chi connectivity index (χ4v) is 3.00. The van der Waals surface area contributed by atoms with E-state index in [2.05, 4.69) is 5.32 Å². The van der Waals surface area contributed by atoms with Crippen LogP contribution in [0.15, 0.2) is 29.6 Å². The molecule has 1 heterocycles. The van der Waals surface area contributed by atoms with E-state index in [1.54, 1.807) is 11.3 Å². The molecule has 21 heavy (non-hydrogen) atoms. The molecular weight excluding hydrogens is 333 g/mol. The molecule has 1 aromatic carbocycles. The second-order valence-electron chi connectivity index (χ2n) is 4.25. The van der Waals surface area contributed by atoms with E-state index >= 15 is 0 Å². The van der Waals surface area contributed by atoms with Gasteiger partial charge in [0.2, 0.25) is 5.91 Å². The number of carbonyl (C=O) groups is 2. The summed E-state index contributed by atoms with van der Waals surface area (Å²) in [7, 11) is 0. The molecule has 0 saturated heterocycles. The van der Waals surface area contributed by atoms with Gasteiger partial charge in [-0.05, 0) is 30.0 Å². The molecule has 7 heteroatoms. The normalized spacial score (nSPS) is 10.4. The number of carboxylic acid groups (broad SMARTS) is 1. The maximum Gasteiger partial charge on any atom is 0.335 e. The van der Waals surface area contributed by atoms with Gasteiger partial charge in [-0.2, -0.15) is 0 Å². The lowest BCUT2D eigenvalue weighted by Gasteiger charge is -2.10. The van der Waals surface area contributed by atoms with Crippen LogP contribution < -0.4 is 5.32 Å². The maximum absolute atomic E-state index is 11.9. The van der Waals surface area contributed by atoms with Crippen molar-refractivity contribution in [2.75, 3.05) is 5.32 Å². The van der Waals surface area contributed by atoms with E-state index in [1.807, 2.05) is 17.5 Å². The minimum Gasteiger partial charge on any atom is -0.478 e. The maximum atomic E-state index is 11.9. The van der Waals surface area contributed by atoms with Crippen molar-refractivity contribution >= 4 is 52.1 Å². The monoisotopic (exact) mass is 343 g/mol. The molecule has 2 aromatic rings. The molecule has 1 aromatic heterocycles. The van der Waals surface area contributed by atoms with Crippen LogP contribution in [-0.4, -0.2) is 17.0 Å². The summed E-state index contributed by atoms with van der Waals surface area (Å²) in [4.78, 5) is 23.9. The van der Waals surface area contributed by atoms with Gasteiger partial charge in [-0.1, -0.05) is 29.3 Å². The third-order valence-electron chi connectivity index (χ3n) is 2.73. The van der Waals surface area contributed by atoms with Crippen LogP contribution in [0.4, 0.5) is 5.69 Å².